The molecule has 0 saturated carbocycles. The van der Waals surface area contributed by atoms with E-state index in [-0.39, 0.29) is 11.9 Å². The fourth-order valence-corrected chi connectivity index (χ4v) is 1.84. The highest BCUT2D eigenvalue weighted by molar-refractivity contribution is 5.92. The van der Waals surface area contributed by atoms with Crippen LogP contribution in [0.4, 0.5) is 0 Å². The summed E-state index contributed by atoms with van der Waals surface area (Å²) in [6.45, 7) is 12.1. The Balaban J connectivity index is 4.59. The van der Waals surface area contributed by atoms with Gasteiger partial charge in [0, 0.05) is 11.6 Å². The van der Waals surface area contributed by atoms with E-state index in [1.807, 2.05) is 0 Å². The molecule has 3 heteroatoms. The van der Waals surface area contributed by atoms with Crippen molar-refractivity contribution < 1.29 is 4.79 Å². The maximum absolute atomic E-state index is 11.1. The minimum absolute atomic E-state index is 0.123. The molecule has 0 aliphatic carbocycles. The average Bonchev–Trinajstić information content (AvgIpc) is 2.22. The minimum Gasteiger partial charge on any atom is -0.366 e. The lowest BCUT2D eigenvalue weighted by Gasteiger charge is -2.30. The molecule has 0 aliphatic heterocycles. The molecule has 0 fully saturated rings. The van der Waals surface area contributed by atoms with Gasteiger partial charge in [0.15, 0.2) is 0 Å². The fourth-order valence-electron chi connectivity index (χ4n) is 1.84. The molecule has 3 nitrogen and oxygen atoms in total. The molecule has 0 aromatic rings. The van der Waals surface area contributed by atoms with Gasteiger partial charge >= 0.3 is 0 Å². The Morgan fingerprint density at radius 3 is 2.27 bits per heavy atom. The summed E-state index contributed by atoms with van der Waals surface area (Å²) in [5.74, 6) is -0.372. The van der Waals surface area contributed by atoms with Crippen molar-refractivity contribution in [1.29, 1.82) is 0 Å². The number of carbonyl (C=O) groups is 1. The summed E-state index contributed by atoms with van der Waals surface area (Å²) < 4.78 is 0. The summed E-state index contributed by atoms with van der Waals surface area (Å²) in [5, 5.41) is 0. The molecule has 88 valence electrons. The third kappa shape index (κ3) is 4.47. The number of carbonyl (C=O) groups excluding carboxylic acids is 1. The lowest BCUT2D eigenvalue weighted by molar-refractivity contribution is -0.115. The third-order valence-electron chi connectivity index (χ3n) is 2.64. The zero-order valence-electron chi connectivity index (χ0n) is 10.3. The van der Waals surface area contributed by atoms with Crippen molar-refractivity contribution in [3.05, 3.63) is 12.2 Å². The van der Waals surface area contributed by atoms with Gasteiger partial charge in [-0.3, -0.25) is 9.69 Å². The predicted octanol–water partition coefficient (Wildman–Crippen LogP) is 1.93. The second-order valence-electron chi connectivity index (χ2n) is 3.82. The third-order valence-corrected chi connectivity index (χ3v) is 2.64. The first-order valence-corrected chi connectivity index (χ1v) is 5.81. The van der Waals surface area contributed by atoms with Crippen LogP contribution in [0.2, 0.25) is 0 Å². The summed E-state index contributed by atoms with van der Waals surface area (Å²) in [4.78, 5) is 13.4. The first kappa shape index (κ1) is 14.2. The molecule has 15 heavy (non-hydrogen) atoms. The van der Waals surface area contributed by atoms with Crippen molar-refractivity contribution >= 4 is 5.91 Å². The Bertz CT molecular complexity index is 214. The van der Waals surface area contributed by atoms with E-state index in [1.54, 1.807) is 0 Å². The average molecular weight is 212 g/mol. The summed E-state index contributed by atoms with van der Waals surface area (Å²) in [7, 11) is 0. The van der Waals surface area contributed by atoms with Crippen LogP contribution < -0.4 is 5.73 Å². The maximum atomic E-state index is 11.1. The largest absolute Gasteiger partial charge is 0.366 e. The van der Waals surface area contributed by atoms with E-state index < -0.39 is 0 Å². The molecule has 0 aromatic heterocycles. The first-order chi connectivity index (χ1) is 7.08. The smallest absolute Gasteiger partial charge is 0.245 e. The Hall–Kier alpha value is -0.830. The van der Waals surface area contributed by atoms with E-state index in [4.69, 9.17) is 5.73 Å². The number of hydrogen-bond acceptors (Lipinski definition) is 2. The van der Waals surface area contributed by atoms with Gasteiger partial charge in [-0.2, -0.15) is 0 Å². The monoisotopic (exact) mass is 212 g/mol. The maximum Gasteiger partial charge on any atom is 0.245 e. The highest BCUT2D eigenvalue weighted by Crippen LogP contribution is 2.15. The Kier molecular flexibility index (Phi) is 7.05. The molecule has 0 aliphatic rings. The van der Waals surface area contributed by atoms with Crippen molar-refractivity contribution in [2.75, 3.05) is 13.1 Å². The standard InChI is InChI=1S/C12H24N2O/c1-5-8-11(10(4)12(13)15)14(7-3)9-6-2/h11H,4-9H2,1-3H3,(H2,13,15). The van der Waals surface area contributed by atoms with Gasteiger partial charge in [-0.15, -0.1) is 0 Å². The zero-order valence-corrected chi connectivity index (χ0v) is 10.3. The predicted molar refractivity (Wildman–Crippen MR) is 64.6 cm³/mol. The van der Waals surface area contributed by atoms with Crippen LogP contribution in [-0.4, -0.2) is 29.9 Å². The van der Waals surface area contributed by atoms with Gasteiger partial charge in [0.1, 0.15) is 0 Å². The van der Waals surface area contributed by atoms with E-state index in [1.165, 1.54) is 0 Å². The van der Waals surface area contributed by atoms with E-state index in [2.05, 4.69) is 32.3 Å². The van der Waals surface area contributed by atoms with Crippen molar-refractivity contribution in [1.82, 2.24) is 4.90 Å². The van der Waals surface area contributed by atoms with Gasteiger partial charge in [-0.25, -0.2) is 0 Å². The number of hydrogen-bond donors (Lipinski definition) is 1. The number of amides is 1. The molecule has 0 bridgehead atoms. The van der Waals surface area contributed by atoms with Crippen LogP contribution in [0.15, 0.2) is 12.2 Å². The highest BCUT2D eigenvalue weighted by Gasteiger charge is 2.21. The van der Waals surface area contributed by atoms with Crippen LogP contribution in [0.3, 0.4) is 0 Å². The van der Waals surface area contributed by atoms with E-state index in [0.29, 0.717) is 5.57 Å². The normalized spacial score (nSPS) is 12.8. The molecule has 0 rings (SSSR count). The van der Waals surface area contributed by atoms with Crippen molar-refractivity contribution in [3.63, 3.8) is 0 Å². The molecule has 0 radical (unpaired) electrons. The molecule has 0 aromatic carbocycles. The minimum atomic E-state index is -0.372. The van der Waals surface area contributed by atoms with Crippen LogP contribution >= 0.6 is 0 Å². The highest BCUT2D eigenvalue weighted by atomic mass is 16.1. The molecule has 0 spiro atoms. The van der Waals surface area contributed by atoms with Crippen LogP contribution in [0, 0.1) is 0 Å². The number of primary amides is 1. The zero-order chi connectivity index (χ0) is 11.8. The SMILES string of the molecule is C=C(C(N)=O)C(CCC)N(CC)CCC. The molecule has 1 atom stereocenters. The van der Waals surface area contributed by atoms with Gasteiger partial charge in [0.2, 0.25) is 5.91 Å². The van der Waals surface area contributed by atoms with Crippen molar-refractivity contribution in [2.45, 2.75) is 46.1 Å². The quantitative estimate of drug-likeness (QED) is 0.625. The molecular weight excluding hydrogens is 188 g/mol. The second kappa shape index (κ2) is 7.46. The van der Waals surface area contributed by atoms with Gasteiger partial charge in [0.25, 0.3) is 0 Å². The Labute approximate surface area is 93.3 Å². The number of likely N-dealkylation sites (N-methyl/N-ethyl adjacent to an activating group) is 1. The first-order valence-electron chi connectivity index (χ1n) is 5.81. The number of rotatable bonds is 8. The second-order valence-corrected chi connectivity index (χ2v) is 3.82. The lowest BCUT2D eigenvalue weighted by atomic mass is 10.0. The molecule has 2 N–H and O–H groups in total. The molecule has 0 heterocycles. The number of nitrogens with two attached hydrogens (primary N) is 1. The fraction of sp³-hybridized carbons (Fsp3) is 0.750. The molecule has 0 saturated heterocycles. The summed E-state index contributed by atoms with van der Waals surface area (Å²) in [6, 6.07) is 0.123. The van der Waals surface area contributed by atoms with Crippen molar-refractivity contribution in [2.24, 2.45) is 5.73 Å². The summed E-state index contributed by atoms with van der Waals surface area (Å²) >= 11 is 0. The van der Waals surface area contributed by atoms with Crippen LogP contribution in [0.5, 0.6) is 0 Å². The Morgan fingerprint density at radius 1 is 1.33 bits per heavy atom. The van der Waals surface area contributed by atoms with Crippen LogP contribution in [0.1, 0.15) is 40.0 Å². The van der Waals surface area contributed by atoms with E-state index in [9.17, 15) is 4.79 Å². The van der Waals surface area contributed by atoms with E-state index in [0.717, 1.165) is 32.4 Å². The van der Waals surface area contributed by atoms with Gasteiger partial charge < -0.3 is 5.73 Å². The summed E-state index contributed by atoms with van der Waals surface area (Å²) in [6.07, 6.45) is 3.08. The number of nitrogens with zero attached hydrogens (tertiary/aromatic N) is 1. The summed E-state index contributed by atoms with van der Waals surface area (Å²) in [5.41, 5.74) is 5.84. The molecule has 1 unspecified atom stereocenters. The van der Waals surface area contributed by atoms with Crippen LogP contribution in [-0.2, 0) is 4.79 Å². The lowest BCUT2D eigenvalue weighted by Crippen LogP contribution is -2.40. The molecule has 1 amide bonds. The van der Waals surface area contributed by atoms with E-state index >= 15 is 0 Å². The van der Waals surface area contributed by atoms with Gasteiger partial charge in [-0.05, 0) is 25.9 Å². The van der Waals surface area contributed by atoms with Crippen molar-refractivity contribution in [3.8, 4) is 0 Å². The topological polar surface area (TPSA) is 46.3 Å². The Morgan fingerprint density at radius 2 is 1.93 bits per heavy atom. The molecular formula is C12H24N2O. The van der Waals surface area contributed by atoms with Crippen LogP contribution in [0.25, 0.3) is 0 Å². The van der Waals surface area contributed by atoms with Gasteiger partial charge in [0.05, 0.1) is 0 Å². The van der Waals surface area contributed by atoms with Gasteiger partial charge in [-0.1, -0.05) is 33.8 Å².